The van der Waals surface area contributed by atoms with E-state index in [2.05, 4.69) is 29.1 Å². The zero-order valence-corrected chi connectivity index (χ0v) is 19.3. The van der Waals surface area contributed by atoms with Gasteiger partial charge in [0.2, 0.25) is 0 Å². The van der Waals surface area contributed by atoms with Crippen LogP contribution in [0.1, 0.15) is 51.5 Å². The average molecular weight is 431 g/mol. The molecule has 2 aromatic carbocycles. The van der Waals surface area contributed by atoms with Gasteiger partial charge in [-0.3, -0.25) is 9.59 Å². The molecule has 32 heavy (non-hydrogen) atoms. The van der Waals surface area contributed by atoms with Crippen LogP contribution in [-0.4, -0.2) is 40.3 Å². The lowest BCUT2D eigenvalue weighted by Gasteiger charge is -2.20. The van der Waals surface area contributed by atoms with Crippen molar-refractivity contribution in [1.82, 2.24) is 20.2 Å². The van der Waals surface area contributed by atoms with Gasteiger partial charge in [0.15, 0.2) is 0 Å². The van der Waals surface area contributed by atoms with Crippen molar-refractivity contribution in [3.63, 3.8) is 0 Å². The molecule has 6 nitrogen and oxygen atoms in total. The van der Waals surface area contributed by atoms with E-state index in [0.717, 1.165) is 22.3 Å². The van der Waals surface area contributed by atoms with Gasteiger partial charge < -0.3 is 10.2 Å². The fourth-order valence-corrected chi connectivity index (χ4v) is 3.44. The number of nitrogens with zero attached hydrogens (tertiary/aromatic N) is 3. The van der Waals surface area contributed by atoms with E-state index in [0.29, 0.717) is 36.0 Å². The summed E-state index contributed by atoms with van der Waals surface area (Å²) in [6.07, 6.45) is 3.39. The summed E-state index contributed by atoms with van der Waals surface area (Å²) in [6.45, 7) is 8.93. The Morgan fingerprint density at radius 1 is 0.938 bits per heavy atom. The molecule has 0 unspecified atom stereocenters. The third-order valence-corrected chi connectivity index (χ3v) is 5.10. The Kier molecular flexibility index (Phi) is 7.36. The highest BCUT2D eigenvalue weighted by atomic mass is 16.2. The monoisotopic (exact) mass is 430 g/mol. The fraction of sp³-hybridized carbons (Fsp3) is 0.308. The minimum absolute atomic E-state index is 0.103. The molecule has 1 aromatic heterocycles. The summed E-state index contributed by atoms with van der Waals surface area (Å²) in [4.78, 5) is 36.1. The van der Waals surface area contributed by atoms with Crippen molar-refractivity contribution in [3.8, 4) is 11.1 Å². The Balaban J connectivity index is 1.91. The van der Waals surface area contributed by atoms with Crippen LogP contribution >= 0.6 is 0 Å². The number of aromatic nitrogens is 2. The highest BCUT2D eigenvalue weighted by Crippen LogP contribution is 2.24. The van der Waals surface area contributed by atoms with Gasteiger partial charge in [0.25, 0.3) is 11.8 Å². The van der Waals surface area contributed by atoms with E-state index in [-0.39, 0.29) is 11.8 Å². The SMILES string of the molecule is Cc1ccc(-c2cc(C(=O)NCc3cnc(C)nc3)cc(C(=O)N(C)CC(C)C)c2)cc1. The molecule has 0 fully saturated rings. The zero-order chi connectivity index (χ0) is 23.3. The van der Waals surface area contributed by atoms with E-state index in [1.807, 2.05) is 50.2 Å². The normalized spacial score (nSPS) is 10.8. The predicted octanol–water partition coefficient (Wildman–Crippen LogP) is 4.42. The first-order chi connectivity index (χ1) is 15.2. The van der Waals surface area contributed by atoms with Gasteiger partial charge in [-0.05, 0) is 49.1 Å². The van der Waals surface area contributed by atoms with Crippen molar-refractivity contribution in [3.05, 3.63) is 82.9 Å². The molecule has 3 rings (SSSR count). The number of rotatable bonds is 7. The lowest BCUT2D eigenvalue weighted by molar-refractivity contribution is 0.0779. The van der Waals surface area contributed by atoms with Crippen molar-refractivity contribution in [2.24, 2.45) is 5.92 Å². The summed E-state index contributed by atoms with van der Waals surface area (Å²) in [5.41, 5.74) is 4.69. The van der Waals surface area contributed by atoms with E-state index < -0.39 is 0 Å². The molecule has 166 valence electrons. The number of hydrogen-bond acceptors (Lipinski definition) is 4. The van der Waals surface area contributed by atoms with E-state index >= 15 is 0 Å². The summed E-state index contributed by atoms with van der Waals surface area (Å²) in [5.74, 6) is 0.678. The van der Waals surface area contributed by atoms with Crippen LogP contribution in [0, 0.1) is 19.8 Å². The van der Waals surface area contributed by atoms with Crippen molar-refractivity contribution >= 4 is 11.8 Å². The molecule has 0 radical (unpaired) electrons. The molecule has 0 aliphatic rings. The number of carbonyl (C=O) groups is 2. The van der Waals surface area contributed by atoms with Gasteiger partial charge in [0, 0.05) is 49.2 Å². The molecule has 0 aliphatic heterocycles. The van der Waals surface area contributed by atoms with E-state index in [9.17, 15) is 9.59 Å². The van der Waals surface area contributed by atoms with Gasteiger partial charge in [-0.1, -0.05) is 43.7 Å². The number of carbonyl (C=O) groups excluding carboxylic acids is 2. The smallest absolute Gasteiger partial charge is 0.253 e. The lowest BCUT2D eigenvalue weighted by Crippen LogP contribution is -2.30. The van der Waals surface area contributed by atoms with Gasteiger partial charge in [-0.2, -0.15) is 0 Å². The molecule has 0 spiro atoms. The maximum absolute atomic E-state index is 13.1. The van der Waals surface area contributed by atoms with Crippen molar-refractivity contribution in [1.29, 1.82) is 0 Å². The van der Waals surface area contributed by atoms with E-state index in [4.69, 9.17) is 0 Å². The largest absolute Gasteiger partial charge is 0.348 e. The van der Waals surface area contributed by atoms with Crippen molar-refractivity contribution in [2.45, 2.75) is 34.2 Å². The van der Waals surface area contributed by atoms with Crippen LogP contribution in [0.3, 0.4) is 0 Å². The van der Waals surface area contributed by atoms with Gasteiger partial charge in [0.05, 0.1) is 0 Å². The third kappa shape index (κ3) is 6.00. The van der Waals surface area contributed by atoms with Gasteiger partial charge in [-0.25, -0.2) is 9.97 Å². The van der Waals surface area contributed by atoms with Crippen LogP contribution in [-0.2, 0) is 6.54 Å². The topological polar surface area (TPSA) is 75.2 Å². The first-order valence-electron chi connectivity index (χ1n) is 10.8. The molecule has 6 heteroatoms. The highest BCUT2D eigenvalue weighted by molar-refractivity contribution is 6.01. The second kappa shape index (κ2) is 10.2. The predicted molar refractivity (Wildman–Crippen MR) is 126 cm³/mol. The maximum Gasteiger partial charge on any atom is 0.253 e. The Bertz CT molecular complexity index is 1090. The number of amides is 2. The van der Waals surface area contributed by atoms with Crippen LogP contribution in [0.2, 0.25) is 0 Å². The molecule has 1 N–H and O–H groups in total. The Labute approximate surface area is 189 Å². The summed E-state index contributed by atoms with van der Waals surface area (Å²) < 4.78 is 0. The number of nitrogens with one attached hydrogen (secondary N) is 1. The molecule has 0 aliphatic carbocycles. The summed E-state index contributed by atoms with van der Waals surface area (Å²) in [5, 5.41) is 2.91. The molecule has 3 aromatic rings. The van der Waals surface area contributed by atoms with Crippen LogP contribution in [0.4, 0.5) is 0 Å². The second-order valence-electron chi connectivity index (χ2n) is 8.57. The minimum atomic E-state index is -0.250. The van der Waals surface area contributed by atoms with Crippen LogP contribution in [0.15, 0.2) is 54.9 Å². The van der Waals surface area contributed by atoms with Gasteiger partial charge in [0.1, 0.15) is 5.82 Å². The van der Waals surface area contributed by atoms with Crippen LogP contribution < -0.4 is 5.32 Å². The van der Waals surface area contributed by atoms with Crippen LogP contribution in [0.5, 0.6) is 0 Å². The number of aryl methyl sites for hydroxylation is 2. The van der Waals surface area contributed by atoms with Crippen molar-refractivity contribution < 1.29 is 9.59 Å². The minimum Gasteiger partial charge on any atom is -0.348 e. The molecule has 2 amide bonds. The molecule has 0 saturated carbocycles. The second-order valence-corrected chi connectivity index (χ2v) is 8.57. The first-order valence-corrected chi connectivity index (χ1v) is 10.8. The highest BCUT2D eigenvalue weighted by Gasteiger charge is 2.17. The first kappa shape index (κ1) is 23.1. The number of benzene rings is 2. The lowest BCUT2D eigenvalue weighted by atomic mass is 9.98. The maximum atomic E-state index is 13.1. The summed E-state index contributed by atoms with van der Waals surface area (Å²) in [7, 11) is 1.79. The molecule has 1 heterocycles. The van der Waals surface area contributed by atoms with E-state index in [1.165, 1.54) is 0 Å². The molecule has 0 bridgehead atoms. The van der Waals surface area contributed by atoms with Gasteiger partial charge in [-0.15, -0.1) is 0 Å². The van der Waals surface area contributed by atoms with Gasteiger partial charge >= 0.3 is 0 Å². The third-order valence-electron chi connectivity index (χ3n) is 5.10. The molecule has 0 saturated heterocycles. The average Bonchev–Trinajstić information content (AvgIpc) is 2.77. The van der Waals surface area contributed by atoms with Crippen molar-refractivity contribution in [2.75, 3.05) is 13.6 Å². The molecule has 0 atom stereocenters. The Morgan fingerprint density at radius 3 is 2.19 bits per heavy atom. The van der Waals surface area contributed by atoms with E-state index in [1.54, 1.807) is 30.4 Å². The number of hydrogen-bond donors (Lipinski definition) is 1. The summed E-state index contributed by atoms with van der Waals surface area (Å²) in [6, 6.07) is 13.4. The quantitative estimate of drug-likeness (QED) is 0.602. The fourth-order valence-electron chi connectivity index (χ4n) is 3.44. The Hall–Kier alpha value is -3.54. The Morgan fingerprint density at radius 2 is 1.56 bits per heavy atom. The standard InChI is InChI=1S/C26H30N4O2/c1-17(2)16-30(5)26(32)24-11-22(21-8-6-18(3)7-9-21)10-23(12-24)25(31)29-15-20-13-27-19(4)28-14-20/h6-14,17H,15-16H2,1-5H3,(H,29,31). The summed E-state index contributed by atoms with van der Waals surface area (Å²) >= 11 is 0. The molecular weight excluding hydrogens is 400 g/mol. The molecular formula is C26H30N4O2. The van der Waals surface area contributed by atoms with Crippen LogP contribution in [0.25, 0.3) is 11.1 Å². The zero-order valence-electron chi connectivity index (χ0n) is 19.3.